The molecule has 1 saturated heterocycles. The molecule has 1 N–H and O–H groups in total. The number of hydrogen-bond acceptors (Lipinski definition) is 3. The normalized spacial score (nSPS) is 20.4. The average molecular weight is 263 g/mol. The van der Waals surface area contributed by atoms with Crippen molar-refractivity contribution in [3.8, 4) is 0 Å². The van der Waals surface area contributed by atoms with E-state index in [0.717, 1.165) is 5.57 Å². The summed E-state index contributed by atoms with van der Waals surface area (Å²) in [5.41, 5.74) is 0.722. The summed E-state index contributed by atoms with van der Waals surface area (Å²) < 4.78 is 5.54. The molecule has 0 unspecified atom stereocenters. The summed E-state index contributed by atoms with van der Waals surface area (Å²) in [7, 11) is 0. The van der Waals surface area contributed by atoms with Crippen LogP contribution in [-0.2, 0) is 14.3 Å². The molecule has 0 aromatic heterocycles. The van der Waals surface area contributed by atoms with Gasteiger partial charge in [0.2, 0.25) is 0 Å². The van der Waals surface area contributed by atoms with Crippen molar-refractivity contribution in [2.24, 2.45) is 0 Å². The van der Waals surface area contributed by atoms with Crippen molar-refractivity contribution in [1.29, 1.82) is 0 Å². The first-order valence-corrected chi connectivity index (χ1v) is 5.90. The van der Waals surface area contributed by atoms with E-state index in [1.54, 1.807) is 18.2 Å². The molecule has 102 valence electrons. The Morgan fingerprint density at radius 3 is 2.74 bits per heavy atom. The van der Waals surface area contributed by atoms with Gasteiger partial charge in [-0.05, 0) is 13.0 Å². The quantitative estimate of drug-likeness (QED) is 0.767. The number of carbonyl (C=O) groups is 2. The monoisotopic (exact) mass is 263 g/mol. The summed E-state index contributed by atoms with van der Waals surface area (Å²) in [6.45, 7) is 6.19. The lowest BCUT2D eigenvalue weighted by Crippen LogP contribution is -2.38. The highest BCUT2D eigenvalue weighted by Gasteiger charge is 2.25. The van der Waals surface area contributed by atoms with Crippen LogP contribution in [0.4, 0.5) is 0 Å². The molecular formula is C14H17NO4. The van der Waals surface area contributed by atoms with Crippen LogP contribution < -0.4 is 0 Å². The second-order valence-corrected chi connectivity index (χ2v) is 3.86. The number of allylic oxidation sites excluding steroid dienone is 5. The number of carbonyl (C=O) groups excluding carboxylic acids is 1. The van der Waals surface area contributed by atoms with Gasteiger partial charge in [-0.15, -0.1) is 0 Å². The molecule has 1 aliphatic rings. The van der Waals surface area contributed by atoms with Gasteiger partial charge in [0, 0.05) is 12.1 Å². The van der Waals surface area contributed by atoms with Crippen molar-refractivity contribution in [3.05, 3.63) is 48.3 Å². The number of nitrogens with zero attached hydrogens (tertiary/aromatic N) is 1. The topological polar surface area (TPSA) is 66.8 Å². The van der Waals surface area contributed by atoms with Crippen molar-refractivity contribution >= 4 is 11.9 Å². The number of ether oxygens (including phenoxy) is 1. The molecule has 0 bridgehead atoms. The summed E-state index contributed by atoms with van der Waals surface area (Å²) in [4.78, 5) is 23.5. The second kappa shape index (κ2) is 7.20. The fraction of sp³-hybridized carbons (Fsp3) is 0.286. The fourth-order valence-corrected chi connectivity index (χ4v) is 1.65. The average Bonchev–Trinajstić information content (AvgIpc) is 2.58. The van der Waals surface area contributed by atoms with Gasteiger partial charge in [0.1, 0.15) is 12.4 Å². The van der Waals surface area contributed by atoms with Crippen molar-refractivity contribution < 1.29 is 19.4 Å². The number of carboxylic acid groups (broad SMARTS) is 1. The van der Waals surface area contributed by atoms with E-state index in [4.69, 9.17) is 9.84 Å². The van der Waals surface area contributed by atoms with Crippen LogP contribution in [0.2, 0.25) is 0 Å². The Hall–Kier alpha value is -2.30. The van der Waals surface area contributed by atoms with E-state index in [1.807, 2.05) is 19.1 Å². The molecule has 1 aliphatic heterocycles. The highest BCUT2D eigenvalue weighted by atomic mass is 16.5. The van der Waals surface area contributed by atoms with Crippen LogP contribution in [0, 0.1) is 0 Å². The van der Waals surface area contributed by atoms with Crippen molar-refractivity contribution in [3.63, 3.8) is 0 Å². The van der Waals surface area contributed by atoms with E-state index in [2.05, 4.69) is 6.58 Å². The molecule has 1 amide bonds. The van der Waals surface area contributed by atoms with Gasteiger partial charge in [0.25, 0.3) is 0 Å². The predicted molar refractivity (Wildman–Crippen MR) is 71.3 cm³/mol. The number of hydrogen-bond donors (Lipinski definition) is 1. The highest BCUT2D eigenvalue weighted by Crippen LogP contribution is 2.18. The molecule has 1 heterocycles. The first kappa shape index (κ1) is 14.8. The minimum atomic E-state index is -1.46. The number of rotatable bonds is 2. The molecule has 0 radical (unpaired) electrons. The van der Waals surface area contributed by atoms with Gasteiger partial charge in [-0.1, -0.05) is 30.9 Å². The van der Waals surface area contributed by atoms with E-state index >= 15 is 0 Å². The zero-order valence-electron chi connectivity index (χ0n) is 10.8. The maximum Gasteiger partial charge on any atom is 0.394 e. The van der Waals surface area contributed by atoms with Crippen LogP contribution in [0.1, 0.15) is 6.92 Å². The number of carboxylic acids is 1. The highest BCUT2D eigenvalue weighted by molar-refractivity contribution is 6.31. The Labute approximate surface area is 112 Å². The van der Waals surface area contributed by atoms with E-state index < -0.39 is 11.9 Å². The smallest absolute Gasteiger partial charge is 0.394 e. The third kappa shape index (κ3) is 4.13. The zero-order chi connectivity index (χ0) is 14.3. The number of aliphatic carboxylic acids is 1. The Morgan fingerprint density at radius 1 is 1.42 bits per heavy atom. The summed E-state index contributed by atoms with van der Waals surface area (Å²) >= 11 is 0. The van der Waals surface area contributed by atoms with Crippen LogP contribution >= 0.6 is 0 Å². The number of amides is 1. The fourth-order valence-electron chi connectivity index (χ4n) is 1.65. The zero-order valence-corrected chi connectivity index (χ0v) is 10.8. The largest absolute Gasteiger partial charge is 0.491 e. The van der Waals surface area contributed by atoms with Crippen molar-refractivity contribution in [2.45, 2.75) is 6.92 Å². The second-order valence-electron chi connectivity index (χ2n) is 3.86. The Morgan fingerprint density at radius 2 is 2.16 bits per heavy atom. The lowest BCUT2D eigenvalue weighted by Gasteiger charge is -2.17. The Balaban J connectivity index is 3.00. The standard InChI is InChI=1S/C14H17NO4/c1-3-5-7-12-11(6-4-2)10-15(8-9-19-12)13(16)14(17)18/h3-7H,2,8-10H2,1H3,(H,17,18)/b5-3-,11-6-,12-7+. The molecule has 1 rings (SSSR count). The van der Waals surface area contributed by atoms with Gasteiger partial charge < -0.3 is 14.7 Å². The van der Waals surface area contributed by atoms with Crippen LogP contribution in [-0.4, -0.2) is 41.6 Å². The minimum absolute atomic E-state index is 0.195. The maximum atomic E-state index is 11.5. The van der Waals surface area contributed by atoms with Gasteiger partial charge in [-0.25, -0.2) is 4.79 Å². The Bertz CT molecular complexity index is 460. The first-order valence-electron chi connectivity index (χ1n) is 5.90. The van der Waals surface area contributed by atoms with E-state index in [1.165, 1.54) is 4.90 Å². The predicted octanol–water partition coefficient (Wildman–Crippen LogP) is 1.50. The van der Waals surface area contributed by atoms with Crippen LogP contribution in [0.5, 0.6) is 0 Å². The maximum absolute atomic E-state index is 11.5. The van der Waals surface area contributed by atoms with Gasteiger partial charge in [-0.2, -0.15) is 0 Å². The third-order valence-electron chi connectivity index (χ3n) is 2.53. The summed E-state index contributed by atoms with van der Waals surface area (Å²) in [6.07, 6.45) is 8.75. The van der Waals surface area contributed by atoms with Gasteiger partial charge >= 0.3 is 11.9 Å². The van der Waals surface area contributed by atoms with Crippen molar-refractivity contribution in [2.75, 3.05) is 19.7 Å². The van der Waals surface area contributed by atoms with Gasteiger partial charge in [-0.3, -0.25) is 4.79 Å². The SMILES string of the molecule is C=C/C=C1/CN(C(=O)C(=O)O)CCO/C1=C/C=C\C. The molecular weight excluding hydrogens is 246 g/mol. The molecule has 0 atom stereocenters. The molecule has 0 spiro atoms. The molecule has 0 aliphatic carbocycles. The molecule has 0 aromatic rings. The van der Waals surface area contributed by atoms with E-state index in [9.17, 15) is 9.59 Å². The lowest BCUT2D eigenvalue weighted by molar-refractivity contribution is -0.155. The lowest BCUT2D eigenvalue weighted by atomic mass is 10.1. The molecule has 0 aromatic carbocycles. The minimum Gasteiger partial charge on any atom is -0.491 e. The Kier molecular flexibility index (Phi) is 5.60. The van der Waals surface area contributed by atoms with Crippen LogP contribution in [0.25, 0.3) is 0 Å². The van der Waals surface area contributed by atoms with Crippen LogP contribution in [0.15, 0.2) is 48.3 Å². The third-order valence-corrected chi connectivity index (χ3v) is 2.53. The van der Waals surface area contributed by atoms with Gasteiger partial charge in [0.15, 0.2) is 0 Å². The molecule has 1 fully saturated rings. The summed E-state index contributed by atoms with van der Waals surface area (Å²) in [5, 5.41) is 8.75. The van der Waals surface area contributed by atoms with Gasteiger partial charge in [0.05, 0.1) is 6.54 Å². The first-order chi connectivity index (χ1) is 9.10. The molecule has 5 heteroatoms. The van der Waals surface area contributed by atoms with E-state index in [-0.39, 0.29) is 19.7 Å². The van der Waals surface area contributed by atoms with Crippen molar-refractivity contribution in [1.82, 2.24) is 4.90 Å². The van der Waals surface area contributed by atoms with E-state index in [0.29, 0.717) is 5.76 Å². The molecule has 19 heavy (non-hydrogen) atoms. The molecule has 0 saturated carbocycles. The van der Waals surface area contributed by atoms with Crippen LogP contribution in [0.3, 0.4) is 0 Å². The summed E-state index contributed by atoms with van der Waals surface area (Å²) in [6, 6.07) is 0. The molecule has 5 nitrogen and oxygen atoms in total. The summed E-state index contributed by atoms with van der Waals surface area (Å²) in [5.74, 6) is -1.76.